The highest BCUT2D eigenvalue weighted by Gasteiger charge is 2.31. The summed E-state index contributed by atoms with van der Waals surface area (Å²) in [5.41, 5.74) is 0.262. The summed E-state index contributed by atoms with van der Waals surface area (Å²) in [6, 6.07) is 0. The van der Waals surface area contributed by atoms with E-state index >= 15 is 0 Å². The Morgan fingerprint density at radius 1 is 1.17 bits per heavy atom. The van der Waals surface area contributed by atoms with Crippen molar-refractivity contribution in [3.63, 3.8) is 0 Å². The normalized spacial score (nSPS) is 25.0. The molecule has 0 saturated heterocycles. The maximum Gasteiger partial charge on any atom is 0.508 e. The predicted molar refractivity (Wildman–Crippen MR) is 63.1 cm³/mol. The van der Waals surface area contributed by atoms with E-state index in [1.54, 1.807) is 0 Å². The van der Waals surface area contributed by atoms with Gasteiger partial charge in [-0.25, -0.2) is 4.79 Å². The second-order valence-electron chi connectivity index (χ2n) is 5.83. The maximum atomic E-state index is 11.7. The van der Waals surface area contributed by atoms with Gasteiger partial charge < -0.3 is 9.47 Å². The molecule has 0 N–H and O–H groups in total. The monoisotopic (exact) mass is 263 g/mol. The molecule has 105 valence electrons. The summed E-state index contributed by atoms with van der Waals surface area (Å²) in [6.07, 6.45) is 0.414. The fourth-order valence-corrected chi connectivity index (χ4v) is 2.33. The highest BCUT2D eigenvalue weighted by molar-refractivity contribution is 5.60. The summed E-state index contributed by atoms with van der Waals surface area (Å²) >= 11 is 0. The summed E-state index contributed by atoms with van der Waals surface area (Å²) in [6.45, 7) is 5.63. The molecule has 0 amide bonds. The number of halogens is 2. The zero-order valence-corrected chi connectivity index (χ0v) is 11.2. The molecule has 5 heteroatoms. The second kappa shape index (κ2) is 6.34. The number of rotatable bonds is 3. The van der Waals surface area contributed by atoms with Crippen LogP contribution in [0.25, 0.3) is 0 Å². The van der Waals surface area contributed by atoms with Crippen molar-refractivity contribution in [2.75, 3.05) is 6.61 Å². The Hall–Kier alpha value is -0.870. The molecule has 1 aliphatic rings. The van der Waals surface area contributed by atoms with Crippen LogP contribution in [-0.4, -0.2) is 18.9 Å². The van der Waals surface area contributed by atoms with E-state index in [1.165, 1.54) is 0 Å². The van der Waals surface area contributed by atoms with Gasteiger partial charge in [0.25, 0.3) is 0 Å². The molecule has 0 atom stereocenters. The molecule has 3 nitrogen and oxygen atoms in total. The summed E-state index contributed by atoms with van der Waals surface area (Å²) in [7, 11) is 0. The average molecular weight is 263 g/mol. The molecule has 0 heterocycles. The SMILES string of the molecule is CC(C)(C)C1CCC(OC(=O)OC[C](F)F)CC1. The van der Waals surface area contributed by atoms with E-state index in [2.05, 4.69) is 25.5 Å². The largest absolute Gasteiger partial charge is 0.508 e. The fourth-order valence-electron chi connectivity index (χ4n) is 2.33. The number of carbonyl (C=O) groups excluding carboxylic acids is 1. The lowest BCUT2D eigenvalue weighted by molar-refractivity contribution is -0.00900. The third kappa shape index (κ3) is 5.19. The number of carbonyl (C=O) groups is 1. The van der Waals surface area contributed by atoms with Gasteiger partial charge in [0.05, 0.1) is 0 Å². The quantitative estimate of drug-likeness (QED) is 0.717. The van der Waals surface area contributed by atoms with Gasteiger partial charge in [-0.3, -0.25) is 0 Å². The standard InChI is InChI=1S/C13H21F2O3/c1-13(2,3)9-4-6-10(7-5-9)18-12(16)17-8-11(14)15/h9-10H,4-8H2,1-3H3. The first-order valence-corrected chi connectivity index (χ1v) is 6.29. The van der Waals surface area contributed by atoms with E-state index in [4.69, 9.17) is 4.74 Å². The molecule has 1 radical (unpaired) electrons. The highest BCUT2D eigenvalue weighted by Crippen LogP contribution is 2.38. The average Bonchev–Trinajstić information content (AvgIpc) is 2.26. The van der Waals surface area contributed by atoms with E-state index in [9.17, 15) is 13.6 Å². The molecule has 1 saturated carbocycles. The molecule has 1 rings (SSSR count). The van der Waals surface area contributed by atoms with Crippen LogP contribution in [0.4, 0.5) is 13.6 Å². The first kappa shape index (κ1) is 15.2. The van der Waals surface area contributed by atoms with Gasteiger partial charge in [0, 0.05) is 0 Å². The van der Waals surface area contributed by atoms with Gasteiger partial charge in [-0.1, -0.05) is 20.8 Å². The molecule has 0 bridgehead atoms. The fraction of sp³-hybridized carbons (Fsp3) is 0.846. The molecule has 0 aromatic heterocycles. The molecular weight excluding hydrogens is 242 g/mol. The Morgan fingerprint density at radius 2 is 1.72 bits per heavy atom. The van der Waals surface area contributed by atoms with Crippen LogP contribution < -0.4 is 0 Å². The van der Waals surface area contributed by atoms with Gasteiger partial charge in [0.15, 0.2) is 6.61 Å². The molecule has 1 aliphatic carbocycles. The lowest BCUT2D eigenvalue weighted by Gasteiger charge is -2.36. The van der Waals surface area contributed by atoms with E-state index in [1.807, 2.05) is 0 Å². The summed E-state index contributed by atoms with van der Waals surface area (Å²) in [4.78, 5) is 11.1. The third-order valence-electron chi connectivity index (χ3n) is 3.46. The first-order chi connectivity index (χ1) is 8.29. The van der Waals surface area contributed by atoms with Crippen molar-refractivity contribution in [1.82, 2.24) is 0 Å². The van der Waals surface area contributed by atoms with E-state index in [0.29, 0.717) is 5.92 Å². The molecule has 0 aliphatic heterocycles. The first-order valence-electron chi connectivity index (χ1n) is 6.29. The van der Waals surface area contributed by atoms with Crippen LogP contribution in [0.3, 0.4) is 0 Å². The zero-order valence-electron chi connectivity index (χ0n) is 11.2. The molecule has 0 unspecified atom stereocenters. The van der Waals surface area contributed by atoms with Crippen molar-refractivity contribution >= 4 is 6.16 Å². The van der Waals surface area contributed by atoms with Gasteiger partial charge in [0.2, 0.25) is 0 Å². The van der Waals surface area contributed by atoms with Crippen LogP contribution in [0, 0.1) is 17.8 Å². The number of ether oxygens (including phenoxy) is 2. The molecule has 1 fully saturated rings. The van der Waals surface area contributed by atoms with Crippen LogP contribution in [0.1, 0.15) is 46.5 Å². The Morgan fingerprint density at radius 3 is 2.17 bits per heavy atom. The van der Waals surface area contributed by atoms with Crippen LogP contribution in [0.5, 0.6) is 0 Å². The van der Waals surface area contributed by atoms with Gasteiger partial charge in [-0.2, -0.15) is 8.78 Å². The number of hydrogen-bond acceptors (Lipinski definition) is 3. The summed E-state index contributed by atoms with van der Waals surface area (Å²) in [5, 5.41) is 0. The van der Waals surface area contributed by atoms with E-state index in [-0.39, 0.29) is 11.5 Å². The predicted octanol–water partition coefficient (Wildman–Crippen LogP) is 4.17. The van der Waals surface area contributed by atoms with E-state index in [0.717, 1.165) is 25.7 Å². The summed E-state index contributed by atoms with van der Waals surface area (Å²) in [5.74, 6) is 0.616. The maximum absolute atomic E-state index is 11.7. The van der Waals surface area contributed by atoms with Crippen LogP contribution >= 0.6 is 0 Å². The van der Waals surface area contributed by atoms with Crippen LogP contribution in [-0.2, 0) is 9.47 Å². The topological polar surface area (TPSA) is 35.5 Å². The van der Waals surface area contributed by atoms with Crippen molar-refractivity contribution in [3.8, 4) is 0 Å². The van der Waals surface area contributed by atoms with Gasteiger partial charge in [-0.05, 0) is 37.0 Å². The summed E-state index contributed by atoms with van der Waals surface area (Å²) < 4.78 is 32.7. The third-order valence-corrected chi connectivity index (χ3v) is 3.46. The van der Waals surface area contributed by atoms with Gasteiger partial charge in [0.1, 0.15) is 6.10 Å². The van der Waals surface area contributed by atoms with Gasteiger partial charge in [-0.15, -0.1) is 0 Å². The van der Waals surface area contributed by atoms with Crippen molar-refractivity contribution in [2.45, 2.75) is 52.6 Å². The molecule has 0 spiro atoms. The second-order valence-corrected chi connectivity index (χ2v) is 5.83. The smallest absolute Gasteiger partial charge is 0.431 e. The minimum absolute atomic E-state index is 0.196. The Bertz CT molecular complexity index is 266. The molecule has 0 aromatic rings. The van der Waals surface area contributed by atoms with Crippen LogP contribution in [0.2, 0.25) is 0 Å². The minimum atomic E-state index is -1.93. The van der Waals surface area contributed by atoms with Gasteiger partial charge >= 0.3 is 12.6 Å². The van der Waals surface area contributed by atoms with Crippen molar-refractivity contribution in [1.29, 1.82) is 0 Å². The van der Waals surface area contributed by atoms with Crippen LogP contribution in [0.15, 0.2) is 0 Å². The zero-order chi connectivity index (χ0) is 13.8. The Labute approximate surface area is 107 Å². The Kier molecular flexibility index (Phi) is 5.35. The Balaban J connectivity index is 2.25. The minimum Gasteiger partial charge on any atom is -0.431 e. The van der Waals surface area contributed by atoms with Crippen molar-refractivity contribution in [3.05, 3.63) is 6.43 Å². The molecule has 0 aromatic carbocycles. The highest BCUT2D eigenvalue weighted by atomic mass is 19.3. The van der Waals surface area contributed by atoms with Crippen molar-refractivity contribution in [2.24, 2.45) is 11.3 Å². The lowest BCUT2D eigenvalue weighted by atomic mass is 9.72. The van der Waals surface area contributed by atoms with E-state index < -0.39 is 19.2 Å². The molecule has 18 heavy (non-hydrogen) atoms. The number of hydrogen-bond donors (Lipinski definition) is 0. The van der Waals surface area contributed by atoms with Crippen molar-refractivity contribution < 1.29 is 23.0 Å². The lowest BCUT2D eigenvalue weighted by Crippen LogP contribution is -2.30. The molecular formula is C13H21F2O3.